The van der Waals surface area contributed by atoms with Gasteiger partial charge in [-0.25, -0.2) is 4.98 Å². The Morgan fingerprint density at radius 3 is 2.94 bits per heavy atom. The highest BCUT2D eigenvalue weighted by Crippen LogP contribution is 2.08. The van der Waals surface area contributed by atoms with Gasteiger partial charge in [-0.05, 0) is 12.1 Å². The summed E-state index contributed by atoms with van der Waals surface area (Å²) in [6.07, 6.45) is 2.98. The van der Waals surface area contributed by atoms with Crippen molar-refractivity contribution in [3.8, 4) is 0 Å². The van der Waals surface area contributed by atoms with Gasteiger partial charge in [0.05, 0.1) is 6.26 Å². The van der Waals surface area contributed by atoms with Gasteiger partial charge in [-0.2, -0.15) is 4.98 Å². The zero-order valence-electron chi connectivity index (χ0n) is 9.43. The van der Waals surface area contributed by atoms with Gasteiger partial charge in [0.25, 0.3) is 5.56 Å². The molecule has 0 amide bonds. The van der Waals surface area contributed by atoms with Gasteiger partial charge in [-0.3, -0.25) is 9.78 Å². The lowest BCUT2D eigenvalue weighted by atomic mass is 10.2. The Kier molecular flexibility index (Phi) is 2.36. The molecule has 0 aromatic carbocycles. The number of hydrogen-bond acceptors (Lipinski definition) is 5. The summed E-state index contributed by atoms with van der Waals surface area (Å²) in [6.45, 7) is 0. The predicted molar refractivity (Wildman–Crippen MR) is 65.0 cm³/mol. The first-order valence-electron chi connectivity index (χ1n) is 5.49. The Labute approximate surface area is 101 Å². The predicted octanol–water partition coefficient (Wildman–Crippen LogP) is 0.607. The Morgan fingerprint density at radius 2 is 2.17 bits per heavy atom. The summed E-state index contributed by atoms with van der Waals surface area (Å²) in [5.41, 5.74) is 5.82. The van der Waals surface area contributed by atoms with Gasteiger partial charge >= 0.3 is 0 Å². The van der Waals surface area contributed by atoms with Gasteiger partial charge in [0.15, 0.2) is 11.2 Å². The molecule has 0 aliphatic heterocycles. The molecule has 0 bridgehead atoms. The maximum Gasteiger partial charge on any atom is 0.278 e. The third-order valence-corrected chi connectivity index (χ3v) is 2.62. The smallest absolute Gasteiger partial charge is 0.278 e. The third-order valence-electron chi connectivity index (χ3n) is 2.62. The first kappa shape index (κ1) is 10.6. The van der Waals surface area contributed by atoms with Crippen molar-refractivity contribution in [2.45, 2.75) is 12.8 Å². The third kappa shape index (κ3) is 1.86. The molecule has 3 heterocycles. The van der Waals surface area contributed by atoms with Crippen LogP contribution in [0.15, 0.2) is 27.6 Å². The average Bonchev–Trinajstić information content (AvgIpc) is 2.93. The number of nitrogen functional groups attached to an aromatic ring is 1. The van der Waals surface area contributed by atoms with E-state index in [1.807, 2.05) is 12.1 Å². The number of fused-ring (bicyclic) bond motifs is 1. The van der Waals surface area contributed by atoms with E-state index in [9.17, 15) is 4.79 Å². The van der Waals surface area contributed by atoms with Crippen molar-refractivity contribution in [1.29, 1.82) is 0 Å². The van der Waals surface area contributed by atoms with E-state index >= 15 is 0 Å². The number of nitrogens with zero attached hydrogens (tertiary/aromatic N) is 2. The molecule has 0 aliphatic rings. The standard InChI is InChI=1S/C11H11N5O2/c12-11-15-9-8(10(17)16-11)13-7(14-9)4-3-6-2-1-5-18-6/h1-2,5H,3-4H2,(H4,12,13,14,15,16,17). The monoisotopic (exact) mass is 245 g/mol. The number of rotatable bonds is 3. The second-order valence-corrected chi connectivity index (χ2v) is 3.91. The fourth-order valence-corrected chi connectivity index (χ4v) is 1.79. The molecule has 3 aromatic heterocycles. The van der Waals surface area contributed by atoms with Gasteiger partial charge in [0, 0.05) is 12.8 Å². The van der Waals surface area contributed by atoms with Gasteiger partial charge in [0.1, 0.15) is 11.6 Å². The lowest BCUT2D eigenvalue weighted by Gasteiger charge is -1.92. The quantitative estimate of drug-likeness (QED) is 0.625. The number of aromatic amines is 2. The number of nitrogens with one attached hydrogen (secondary N) is 2. The van der Waals surface area contributed by atoms with Crippen LogP contribution in [0, 0.1) is 0 Å². The highest BCUT2D eigenvalue weighted by atomic mass is 16.3. The molecule has 18 heavy (non-hydrogen) atoms. The maximum atomic E-state index is 11.6. The van der Waals surface area contributed by atoms with Crippen LogP contribution in [0.3, 0.4) is 0 Å². The van der Waals surface area contributed by atoms with E-state index in [2.05, 4.69) is 19.9 Å². The average molecular weight is 245 g/mol. The molecule has 4 N–H and O–H groups in total. The summed E-state index contributed by atoms with van der Waals surface area (Å²) in [5, 5.41) is 0. The fourth-order valence-electron chi connectivity index (χ4n) is 1.79. The summed E-state index contributed by atoms with van der Waals surface area (Å²) in [5.74, 6) is 1.62. The number of furan rings is 1. The number of anilines is 1. The van der Waals surface area contributed by atoms with Crippen molar-refractivity contribution >= 4 is 17.1 Å². The molecule has 0 aliphatic carbocycles. The summed E-state index contributed by atoms with van der Waals surface area (Å²) in [7, 11) is 0. The Hall–Kier alpha value is -2.57. The number of nitrogens with two attached hydrogens (primary N) is 1. The highest BCUT2D eigenvalue weighted by Gasteiger charge is 2.09. The van der Waals surface area contributed by atoms with Gasteiger partial charge in [0.2, 0.25) is 5.95 Å². The number of aryl methyl sites for hydroxylation is 2. The van der Waals surface area contributed by atoms with Crippen LogP contribution in [0.2, 0.25) is 0 Å². The van der Waals surface area contributed by atoms with Crippen molar-refractivity contribution in [3.05, 3.63) is 40.3 Å². The van der Waals surface area contributed by atoms with Crippen LogP contribution in [-0.4, -0.2) is 19.9 Å². The van der Waals surface area contributed by atoms with Crippen LogP contribution in [0.1, 0.15) is 11.6 Å². The topological polar surface area (TPSA) is 114 Å². The molecule has 3 aromatic rings. The number of hydrogen-bond donors (Lipinski definition) is 3. The first-order chi connectivity index (χ1) is 8.72. The Bertz CT molecular complexity index is 726. The SMILES string of the molecule is Nc1nc2nc(CCc3ccco3)[nH]c2c(=O)[nH]1. The molecule has 92 valence electrons. The van der Waals surface area contributed by atoms with Crippen molar-refractivity contribution < 1.29 is 4.42 Å². The van der Waals surface area contributed by atoms with Gasteiger partial charge < -0.3 is 15.1 Å². The molecule has 0 spiro atoms. The minimum Gasteiger partial charge on any atom is -0.469 e. The minimum absolute atomic E-state index is 0.0663. The van der Waals surface area contributed by atoms with Crippen molar-refractivity contribution in [2.24, 2.45) is 0 Å². The van der Waals surface area contributed by atoms with E-state index in [0.717, 1.165) is 5.76 Å². The molecule has 7 heteroatoms. The number of H-pyrrole nitrogens is 2. The minimum atomic E-state index is -0.311. The molecule has 0 radical (unpaired) electrons. The normalized spacial score (nSPS) is 11.1. The van der Waals surface area contributed by atoms with E-state index in [4.69, 9.17) is 10.2 Å². The molecule has 7 nitrogen and oxygen atoms in total. The number of imidazole rings is 1. The van der Waals surface area contributed by atoms with Crippen LogP contribution in [-0.2, 0) is 12.8 Å². The molecule has 3 rings (SSSR count). The second kappa shape index (κ2) is 4.02. The number of aromatic nitrogens is 4. The lowest BCUT2D eigenvalue weighted by molar-refractivity contribution is 0.507. The Balaban J connectivity index is 1.89. The molecule has 0 saturated carbocycles. The molecule has 0 fully saturated rings. The molecule has 0 atom stereocenters. The van der Waals surface area contributed by atoms with E-state index < -0.39 is 0 Å². The van der Waals surface area contributed by atoms with Crippen LogP contribution in [0.4, 0.5) is 5.95 Å². The summed E-state index contributed by atoms with van der Waals surface area (Å²) in [4.78, 5) is 25.1. The maximum absolute atomic E-state index is 11.6. The van der Waals surface area contributed by atoms with E-state index in [1.54, 1.807) is 6.26 Å². The lowest BCUT2D eigenvalue weighted by Crippen LogP contribution is -2.10. The fraction of sp³-hybridized carbons (Fsp3) is 0.182. The Morgan fingerprint density at radius 1 is 1.28 bits per heavy atom. The zero-order chi connectivity index (χ0) is 12.5. The van der Waals surface area contributed by atoms with Crippen molar-refractivity contribution in [3.63, 3.8) is 0 Å². The molecule has 0 unspecified atom stereocenters. The summed E-state index contributed by atoms with van der Waals surface area (Å²) < 4.78 is 5.23. The molecular weight excluding hydrogens is 234 g/mol. The van der Waals surface area contributed by atoms with E-state index in [-0.39, 0.29) is 11.5 Å². The van der Waals surface area contributed by atoms with Crippen LogP contribution in [0.5, 0.6) is 0 Å². The zero-order valence-corrected chi connectivity index (χ0v) is 9.43. The van der Waals surface area contributed by atoms with E-state index in [0.29, 0.717) is 29.8 Å². The highest BCUT2D eigenvalue weighted by molar-refractivity contribution is 5.70. The van der Waals surface area contributed by atoms with Crippen molar-refractivity contribution in [2.75, 3.05) is 5.73 Å². The van der Waals surface area contributed by atoms with E-state index in [1.165, 1.54) is 0 Å². The first-order valence-corrected chi connectivity index (χ1v) is 5.49. The largest absolute Gasteiger partial charge is 0.469 e. The van der Waals surface area contributed by atoms with Crippen LogP contribution < -0.4 is 11.3 Å². The molecule has 0 saturated heterocycles. The summed E-state index contributed by atoms with van der Waals surface area (Å²) >= 11 is 0. The second-order valence-electron chi connectivity index (χ2n) is 3.91. The molecular formula is C11H11N5O2. The van der Waals surface area contributed by atoms with Crippen LogP contribution >= 0.6 is 0 Å². The van der Waals surface area contributed by atoms with Gasteiger partial charge in [-0.1, -0.05) is 0 Å². The van der Waals surface area contributed by atoms with Crippen molar-refractivity contribution in [1.82, 2.24) is 19.9 Å². The van der Waals surface area contributed by atoms with Gasteiger partial charge in [-0.15, -0.1) is 0 Å². The van der Waals surface area contributed by atoms with Crippen LogP contribution in [0.25, 0.3) is 11.2 Å². The summed E-state index contributed by atoms with van der Waals surface area (Å²) in [6, 6.07) is 3.73.